The van der Waals surface area contributed by atoms with Gasteiger partial charge in [0.2, 0.25) is 11.8 Å². The molecule has 0 aliphatic carbocycles. The maximum absolute atomic E-state index is 12.5. The van der Waals surface area contributed by atoms with Crippen LogP contribution in [-0.2, 0) is 16.0 Å². The van der Waals surface area contributed by atoms with Crippen molar-refractivity contribution in [3.8, 4) is 5.75 Å². The fourth-order valence-corrected chi connectivity index (χ4v) is 3.44. The van der Waals surface area contributed by atoms with Gasteiger partial charge < -0.3 is 15.0 Å². The molecular weight excluding hydrogens is 352 g/mol. The highest BCUT2D eigenvalue weighted by Gasteiger charge is 2.36. The van der Waals surface area contributed by atoms with Crippen LogP contribution in [0.4, 0.5) is 5.69 Å². The Morgan fingerprint density at radius 3 is 2.61 bits per heavy atom. The molecule has 1 N–H and O–H groups in total. The third-order valence-corrected chi connectivity index (χ3v) is 4.80. The Hall–Kier alpha value is -2.82. The largest absolute Gasteiger partial charge is 0.489 e. The standard InChI is InChI=1S/C23H28N2O3/c1-17(2)28-21-13-7-6-12-20(21)25-16-19(15-22(25)26)23(27)24-14-8-11-18-9-4-3-5-10-18/h3-7,9-10,12-13,17,19H,8,11,14-16H2,1-2H3,(H,24,27). The average Bonchev–Trinajstić information content (AvgIpc) is 3.07. The maximum atomic E-state index is 12.5. The van der Waals surface area contributed by atoms with Gasteiger partial charge in [0.1, 0.15) is 5.75 Å². The van der Waals surface area contributed by atoms with Crippen molar-refractivity contribution in [2.45, 2.75) is 39.2 Å². The molecule has 0 saturated carbocycles. The van der Waals surface area contributed by atoms with Crippen LogP contribution in [0.1, 0.15) is 32.3 Å². The van der Waals surface area contributed by atoms with Crippen molar-refractivity contribution in [1.82, 2.24) is 5.32 Å². The van der Waals surface area contributed by atoms with Crippen molar-refractivity contribution in [3.05, 3.63) is 60.2 Å². The molecule has 5 nitrogen and oxygen atoms in total. The van der Waals surface area contributed by atoms with E-state index in [4.69, 9.17) is 4.74 Å². The molecule has 1 aliphatic rings. The second-order valence-electron chi connectivity index (χ2n) is 7.42. The van der Waals surface area contributed by atoms with Gasteiger partial charge in [-0.25, -0.2) is 0 Å². The van der Waals surface area contributed by atoms with Crippen LogP contribution in [0.2, 0.25) is 0 Å². The van der Waals surface area contributed by atoms with Crippen LogP contribution in [-0.4, -0.2) is 31.0 Å². The summed E-state index contributed by atoms with van der Waals surface area (Å²) in [5.74, 6) is 0.265. The van der Waals surface area contributed by atoms with Crippen molar-refractivity contribution in [2.24, 2.45) is 5.92 Å². The zero-order valence-electron chi connectivity index (χ0n) is 16.6. The summed E-state index contributed by atoms with van der Waals surface area (Å²) in [5, 5.41) is 2.99. The van der Waals surface area contributed by atoms with E-state index in [9.17, 15) is 9.59 Å². The molecule has 28 heavy (non-hydrogen) atoms. The highest BCUT2D eigenvalue weighted by molar-refractivity contribution is 6.01. The first-order chi connectivity index (χ1) is 13.5. The number of anilines is 1. The normalized spacial score (nSPS) is 16.5. The number of para-hydroxylation sites is 2. The van der Waals surface area contributed by atoms with Gasteiger partial charge in [-0.3, -0.25) is 9.59 Å². The van der Waals surface area contributed by atoms with E-state index in [-0.39, 0.29) is 30.3 Å². The van der Waals surface area contributed by atoms with Crippen LogP contribution < -0.4 is 15.0 Å². The number of ether oxygens (including phenoxy) is 1. The van der Waals surface area contributed by atoms with E-state index in [1.54, 1.807) is 4.90 Å². The van der Waals surface area contributed by atoms with Crippen molar-refractivity contribution >= 4 is 17.5 Å². The van der Waals surface area contributed by atoms with Gasteiger partial charge in [-0.2, -0.15) is 0 Å². The summed E-state index contributed by atoms with van der Waals surface area (Å²) in [7, 11) is 0. The van der Waals surface area contributed by atoms with E-state index in [2.05, 4.69) is 17.4 Å². The van der Waals surface area contributed by atoms with Gasteiger partial charge in [0.15, 0.2) is 0 Å². The predicted molar refractivity (Wildman–Crippen MR) is 110 cm³/mol. The quantitative estimate of drug-likeness (QED) is 0.712. The van der Waals surface area contributed by atoms with Crippen LogP contribution >= 0.6 is 0 Å². The molecule has 0 bridgehead atoms. The van der Waals surface area contributed by atoms with E-state index < -0.39 is 0 Å². The molecule has 148 valence electrons. The Bertz CT molecular complexity index is 805. The summed E-state index contributed by atoms with van der Waals surface area (Å²) >= 11 is 0. The molecule has 1 heterocycles. The minimum Gasteiger partial charge on any atom is -0.489 e. The molecule has 1 saturated heterocycles. The fourth-order valence-electron chi connectivity index (χ4n) is 3.44. The Balaban J connectivity index is 1.53. The number of amides is 2. The van der Waals surface area contributed by atoms with Gasteiger partial charge in [0.25, 0.3) is 0 Å². The molecule has 1 aliphatic heterocycles. The number of nitrogens with one attached hydrogen (secondary N) is 1. The summed E-state index contributed by atoms with van der Waals surface area (Å²) in [6.07, 6.45) is 2.06. The summed E-state index contributed by atoms with van der Waals surface area (Å²) in [5.41, 5.74) is 2.00. The monoisotopic (exact) mass is 380 g/mol. The summed E-state index contributed by atoms with van der Waals surface area (Å²) in [6.45, 7) is 4.91. The summed E-state index contributed by atoms with van der Waals surface area (Å²) in [6, 6.07) is 17.7. The number of hydrogen-bond donors (Lipinski definition) is 1. The zero-order chi connectivity index (χ0) is 19.9. The van der Waals surface area contributed by atoms with Crippen LogP contribution in [0.15, 0.2) is 54.6 Å². The first-order valence-corrected chi connectivity index (χ1v) is 9.92. The number of nitrogens with zero attached hydrogens (tertiary/aromatic N) is 1. The Kier molecular flexibility index (Phi) is 6.69. The number of rotatable bonds is 8. The van der Waals surface area contributed by atoms with Gasteiger partial charge in [0, 0.05) is 19.5 Å². The third kappa shape index (κ3) is 5.12. The molecule has 1 fully saturated rings. The van der Waals surface area contributed by atoms with E-state index in [1.807, 2.05) is 56.3 Å². The van der Waals surface area contributed by atoms with Gasteiger partial charge in [-0.1, -0.05) is 42.5 Å². The summed E-state index contributed by atoms with van der Waals surface area (Å²) < 4.78 is 5.83. The molecule has 2 aromatic carbocycles. The van der Waals surface area contributed by atoms with Crippen molar-refractivity contribution in [3.63, 3.8) is 0 Å². The third-order valence-electron chi connectivity index (χ3n) is 4.80. The number of carbonyl (C=O) groups is 2. The molecule has 0 aromatic heterocycles. The number of hydrogen-bond acceptors (Lipinski definition) is 3. The predicted octanol–water partition coefficient (Wildman–Crippen LogP) is 3.58. The Labute approximate surface area is 166 Å². The topological polar surface area (TPSA) is 58.6 Å². The SMILES string of the molecule is CC(C)Oc1ccccc1N1CC(C(=O)NCCCc2ccccc2)CC1=O. The van der Waals surface area contributed by atoms with Crippen molar-refractivity contribution in [2.75, 3.05) is 18.0 Å². The second kappa shape index (κ2) is 9.40. The van der Waals surface area contributed by atoms with Crippen LogP contribution in [0.5, 0.6) is 5.75 Å². The minimum absolute atomic E-state index is 0.0163. The van der Waals surface area contributed by atoms with Gasteiger partial charge in [0.05, 0.1) is 17.7 Å². The number of benzene rings is 2. The molecular formula is C23H28N2O3. The maximum Gasteiger partial charge on any atom is 0.227 e. The van der Waals surface area contributed by atoms with Crippen molar-refractivity contribution in [1.29, 1.82) is 0 Å². The molecule has 5 heteroatoms. The molecule has 1 unspecified atom stereocenters. The van der Waals surface area contributed by atoms with Crippen LogP contribution in [0.3, 0.4) is 0 Å². The molecule has 3 rings (SSSR count). The minimum atomic E-state index is -0.323. The lowest BCUT2D eigenvalue weighted by molar-refractivity contribution is -0.126. The lowest BCUT2D eigenvalue weighted by Gasteiger charge is -2.21. The average molecular weight is 380 g/mol. The number of carbonyl (C=O) groups excluding carboxylic acids is 2. The number of aryl methyl sites for hydroxylation is 1. The first-order valence-electron chi connectivity index (χ1n) is 9.92. The highest BCUT2D eigenvalue weighted by atomic mass is 16.5. The second-order valence-corrected chi connectivity index (χ2v) is 7.42. The highest BCUT2D eigenvalue weighted by Crippen LogP contribution is 2.33. The smallest absolute Gasteiger partial charge is 0.227 e. The zero-order valence-corrected chi connectivity index (χ0v) is 16.6. The Morgan fingerprint density at radius 1 is 1.14 bits per heavy atom. The molecule has 2 aromatic rings. The molecule has 1 atom stereocenters. The lowest BCUT2D eigenvalue weighted by Crippen LogP contribution is -2.33. The summed E-state index contributed by atoms with van der Waals surface area (Å²) in [4.78, 5) is 26.7. The van der Waals surface area contributed by atoms with Gasteiger partial charge in [-0.05, 0) is 44.4 Å². The lowest BCUT2D eigenvalue weighted by atomic mass is 10.1. The van der Waals surface area contributed by atoms with E-state index >= 15 is 0 Å². The molecule has 0 radical (unpaired) electrons. The van der Waals surface area contributed by atoms with Gasteiger partial charge >= 0.3 is 0 Å². The molecule has 0 spiro atoms. The van der Waals surface area contributed by atoms with E-state index in [0.29, 0.717) is 18.8 Å². The van der Waals surface area contributed by atoms with E-state index in [0.717, 1.165) is 18.5 Å². The Morgan fingerprint density at radius 2 is 1.86 bits per heavy atom. The van der Waals surface area contributed by atoms with Crippen LogP contribution in [0.25, 0.3) is 0 Å². The first kappa shape index (κ1) is 19.9. The fraction of sp³-hybridized carbons (Fsp3) is 0.391. The van der Waals surface area contributed by atoms with Crippen LogP contribution in [0, 0.1) is 5.92 Å². The van der Waals surface area contributed by atoms with E-state index in [1.165, 1.54) is 5.56 Å². The molecule has 2 amide bonds. The van der Waals surface area contributed by atoms with Gasteiger partial charge in [-0.15, -0.1) is 0 Å². The van der Waals surface area contributed by atoms with Crippen molar-refractivity contribution < 1.29 is 14.3 Å².